The fraction of sp³-hybridized carbons (Fsp3) is 0.714. The van der Waals surface area contributed by atoms with E-state index in [1.807, 2.05) is 6.07 Å². The molecule has 3 fully saturated rings. The first-order valence-electron chi connectivity index (χ1n) is 9.79. The summed E-state index contributed by atoms with van der Waals surface area (Å²) in [6.07, 6.45) is 4.05. The Hall–Kier alpha value is -1.10. The van der Waals surface area contributed by atoms with Gasteiger partial charge in [0.05, 0.1) is 13.7 Å². The number of rotatable bonds is 7. The van der Waals surface area contributed by atoms with Crippen LogP contribution in [0.4, 0.5) is 0 Å². The van der Waals surface area contributed by atoms with Crippen LogP contribution in [0.2, 0.25) is 0 Å². The van der Waals surface area contributed by atoms with Crippen molar-refractivity contribution in [2.45, 2.75) is 25.8 Å². The highest BCUT2D eigenvalue weighted by molar-refractivity contribution is 5.33. The fourth-order valence-electron chi connectivity index (χ4n) is 4.85. The maximum absolute atomic E-state index is 6.10. The minimum absolute atomic E-state index is 0.417. The monoisotopic (exact) mass is 344 g/mol. The molecule has 25 heavy (non-hydrogen) atoms. The first-order chi connectivity index (χ1) is 12.2. The van der Waals surface area contributed by atoms with Crippen LogP contribution in [-0.4, -0.2) is 63.4 Å². The molecule has 0 radical (unpaired) electrons. The lowest BCUT2D eigenvalue weighted by molar-refractivity contribution is 0.0556. The maximum atomic E-state index is 6.10. The van der Waals surface area contributed by atoms with Crippen molar-refractivity contribution in [3.05, 3.63) is 29.8 Å². The van der Waals surface area contributed by atoms with Crippen LogP contribution in [-0.2, 0) is 11.3 Å². The number of methoxy groups -OCH3 is 1. The number of ether oxygens (including phenoxy) is 2. The average Bonchev–Trinajstić information content (AvgIpc) is 3.27. The van der Waals surface area contributed by atoms with Crippen LogP contribution >= 0.6 is 0 Å². The lowest BCUT2D eigenvalue weighted by atomic mass is 9.77. The summed E-state index contributed by atoms with van der Waals surface area (Å²) in [6, 6.07) is 8.43. The number of hydrogen-bond acceptors (Lipinski definition) is 4. The summed E-state index contributed by atoms with van der Waals surface area (Å²) in [5.41, 5.74) is 1.72. The number of para-hydroxylation sites is 1. The van der Waals surface area contributed by atoms with Crippen molar-refractivity contribution < 1.29 is 9.47 Å². The Kier molecular flexibility index (Phi) is 5.03. The van der Waals surface area contributed by atoms with E-state index in [0.717, 1.165) is 31.4 Å². The van der Waals surface area contributed by atoms with Gasteiger partial charge in [-0.15, -0.1) is 0 Å². The average molecular weight is 344 g/mol. The smallest absolute Gasteiger partial charge is 0.123 e. The van der Waals surface area contributed by atoms with Gasteiger partial charge in [0.15, 0.2) is 0 Å². The first kappa shape index (κ1) is 17.3. The number of hydrogen-bond donors (Lipinski definition) is 0. The molecule has 1 saturated carbocycles. The van der Waals surface area contributed by atoms with Gasteiger partial charge in [-0.25, -0.2) is 0 Å². The Morgan fingerprint density at radius 1 is 1.16 bits per heavy atom. The van der Waals surface area contributed by atoms with E-state index >= 15 is 0 Å². The molecule has 1 spiro atoms. The minimum Gasteiger partial charge on any atom is -0.496 e. The zero-order chi connectivity index (χ0) is 17.3. The Balaban J connectivity index is 1.38. The molecule has 2 aliphatic heterocycles. The van der Waals surface area contributed by atoms with Crippen molar-refractivity contribution in [1.29, 1.82) is 0 Å². The molecule has 0 unspecified atom stereocenters. The van der Waals surface area contributed by atoms with Crippen LogP contribution in [0.25, 0.3) is 0 Å². The van der Waals surface area contributed by atoms with E-state index < -0.39 is 0 Å². The summed E-state index contributed by atoms with van der Waals surface area (Å²) >= 11 is 0. The SMILES string of the molecule is COc1ccccc1CN1CC[C@@]2(CN(C)C[C@@H]2COCC2CC2)C1. The molecule has 2 heterocycles. The molecule has 1 aromatic rings. The predicted molar refractivity (Wildman–Crippen MR) is 99.9 cm³/mol. The van der Waals surface area contributed by atoms with Gasteiger partial charge >= 0.3 is 0 Å². The molecule has 0 aromatic heterocycles. The molecule has 4 nitrogen and oxygen atoms in total. The van der Waals surface area contributed by atoms with Crippen LogP contribution in [0.5, 0.6) is 5.75 Å². The Morgan fingerprint density at radius 2 is 2.00 bits per heavy atom. The van der Waals surface area contributed by atoms with Crippen molar-refractivity contribution >= 4 is 0 Å². The van der Waals surface area contributed by atoms with E-state index in [2.05, 4.69) is 35.0 Å². The summed E-state index contributed by atoms with van der Waals surface area (Å²) < 4.78 is 11.6. The van der Waals surface area contributed by atoms with Crippen molar-refractivity contribution in [2.24, 2.45) is 17.3 Å². The number of benzene rings is 1. The van der Waals surface area contributed by atoms with Crippen LogP contribution < -0.4 is 4.74 Å². The second-order valence-corrected chi connectivity index (χ2v) is 8.51. The van der Waals surface area contributed by atoms with Crippen molar-refractivity contribution in [1.82, 2.24) is 9.80 Å². The van der Waals surface area contributed by atoms with Gasteiger partial charge in [-0.3, -0.25) is 4.90 Å². The van der Waals surface area contributed by atoms with E-state index in [1.54, 1.807) is 7.11 Å². The molecule has 4 rings (SSSR count). The van der Waals surface area contributed by atoms with Crippen molar-refractivity contribution in [3.63, 3.8) is 0 Å². The van der Waals surface area contributed by atoms with Crippen LogP contribution in [0.1, 0.15) is 24.8 Å². The summed E-state index contributed by atoms with van der Waals surface area (Å²) in [5, 5.41) is 0. The van der Waals surface area contributed by atoms with E-state index in [-0.39, 0.29) is 0 Å². The van der Waals surface area contributed by atoms with E-state index in [0.29, 0.717) is 11.3 Å². The summed E-state index contributed by atoms with van der Waals surface area (Å²) in [4.78, 5) is 5.13. The molecule has 0 N–H and O–H groups in total. The molecule has 1 aliphatic carbocycles. The van der Waals surface area contributed by atoms with Crippen LogP contribution in [0, 0.1) is 17.3 Å². The largest absolute Gasteiger partial charge is 0.496 e. The minimum atomic E-state index is 0.417. The number of nitrogens with zero attached hydrogens (tertiary/aromatic N) is 2. The lowest BCUT2D eigenvalue weighted by Gasteiger charge is -2.30. The molecule has 4 heteroatoms. The highest BCUT2D eigenvalue weighted by Crippen LogP contribution is 2.44. The molecule has 0 bridgehead atoms. The third-order valence-corrected chi connectivity index (χ3v) is 6.40. The zero-order valence-electron chi connectivity index (χ0n) is 15.7. The van der Waals surface area contributed by atoms with Crippen molar-refractivity contribution in [2.75, 3.05) is 53.6 Å². The Morgan fingerprint density at radius 3 is 2.80 bits per heavy atom. The van der Waals surface area contributed by atoms with Crippen LogP contribution in [0.15, 0.2) is 24.3 Å². The van der Waals surface area contributed by atoms with E-state index in [9.17, 15) is 0 Å². The molecule has 0 amide bonds. The van der Waals surface area contributed by atoms with Gasteiger partial charge in [-0.05, 0) is 44.8 Å². The van der Waals surface area contributed by atoms with Crippen LogP contribution in [0.3, 0.4) is 0 Å². The fourth-order valence-corrected chi connectivity index (χ4v) is 4.85. The second-order valence-electron chi connectivity index (χ2n) is 8.51. The highest BCUT2D eigenvalue weighted by Gasteiger charge is 2.49. The predicted octanol–water partition coefficient (Wildman–Crippen LogP) is 2.88. The van der Waals surface area contributed by atoms with Gasteiger partial charge in [0.1, 0.15) is 5.75 Å². The topological polar surface area (TPSA) is 24.9 Å². The molecule has 2 atom stereocenters. The second kappa shape index (κ2) is 7.26. The molecule has 138 valence electrons. The van der Waals surface area contributed by atoms with Crippen molar-refractivity contribution in [3.8, 4) is 5.75 Å². The van der Waals surface area contributed by atoms with Gasteiger partial charge < -0.3 is 14.4 Å². The molecular formula is C21H32N2O2. The first-order valence-corrected chi connectivity index (χ1v) is 9.79. The van der Waals surface area contributed by atoms with Gasteiger partial charge in [0.2, 0.25) is 0 Å². The highest BCUT2D eigenvalue weighted by atomic mass is 16.5. The normalized spacial score (nSPS) is 30.4. The third-order valence-electron chi connectivity index (χ3n) is 6.40. The summed E-state index contributed by atoms with van der Waals surface area (Å²) in [6.45, 7) is 7.70. The van der Waals surface area contributed by atoms with Gasteiger partial charge in [-0.2, -0.15) is 0 Å². The van der Waals surface area contributed by atoms with Gasteiger partial charge in [-0.1, -0.05) is 18.2 Å². The Labute approximate surface area is 152 Å². The molecule has 1 aromatic carbocycles. The molecular weight excluding hydrogens is 312 g/mol. The summed E-state index contributed by atoms with van der Waals surface area (Å²) in [7, 11) is 4.04. The maximum Gasteiger partial charge on any atom is 0.123 e. The van der Waals surface area contributed by atoms with Gasteiger partial charge in [0, 0.05) is 49.7 Å². The quantitative estimate of drug-likeness (QED) is 0.759. The van der Waals surface area contributed by atoms with E-state index in [4.69, 9.17) is 9.47 Å². The number of likely N-dealkylation sites (tertiary alicyclic amines) is 2. The molecule has 3 aliphatic rings. The summed E-state index contributed by atoms with van der Waals surface area (Å²) in [5.74, 6) is 2.55. The van der Waals surface area contributed by atoms with Gasteiger partial charge in [0.25, 0.3) is 0 Å². The Bertz CT molecular complexity index is 589. The lowest BCUT2D eigenvalue weighted by Crippen LogP contribution is -2.36. The zero-order valence-corrected chi connectivity index (χ0v) is 15.7. The molecule has 2 saturated heterocycles. The standard InChI is InChI=1S/C21H32N2O2/c1-22-12-19(14-25-13-17-7-8-17)21(15-22)9-10-23(16-21)11-18-5-3-4-6-20(18)24-2/h3-6,17,19H,7-16H2,1-2H3/t19-,21-/m1/s1. The third kappa shape index (κ3) is 3.86. The van der Waals surface area contributed by atoms with E-state index in [1.165, 1.54) is 51.0 Å².